The molecule has 0 amide bonds. The smallest absolute Gasteiger partial charge is 0.00212 e. The van der Waals surface area contributed by atoms with Crippen LogP contribution in [0.15, 0.2) is 0 Å². The third-order valence-electron chi connectivity index (χ3n) is 0.918. The fourth-order valence-corrected chi connectivity index (χ4v) is 3.11. The molecule has 0 atom stereocenters. The Hall–Kier alpha value is 1.13. The van der Waals surface area contributed by atoms with Crippen LogP contribution in [-0.2, 0) is 0 Å². The molecule has 9 heavy (non-hydrogen) atoms. The normalized spacial score (nSPS) is 10.7. The minimum Gasteiger partial charge on any atom is -0.179 e. The van der Waals surface area contributed by atoms with Gasteiger partial charge in [0.05, 0.1) is 0 Å². The van der Waals surface area contributed by atoms with Crippen LogP contribution in [0.4, 0.5) is 0 Å². The zero-order valence-corrected chi connectivity index (χ0v) is 8.74. The second-order valence-corrected chi connectivity index (χ2v) is 6.42. The zero-order chi connectivity index (χ0) is 7.11. The van der Waals surface area contributed by atoms with E-state index in [0.717, 1.165) is 5.75 Å². The zero-order valence-electron chi connectivity index (χ0n) is 6.13. The van der Waals surface area contributed by atoms with Crippen molar-refractivity contribution in [3.05, 3.63) is 0 Å². The third-order valence-corrected chi connectivity index (χ3v) is 3.85. The Morgan fingerprint density at radius 2 is 2.00 bits per heavy atom. The number of thioether (sulfide) groups is 1. The topological polar surface area (TPSA) is 0 Å². The highest BCUT2D eigenvalue weighted by Crippen LogP contribution is 2.24. The van der Waals surface area contributed by atoms with Crippen LogP contribution >= 0.6 is 32.3 Å². The van der Waals surface area contributed by atoms with Gasteiger partial charge in [0.25, 0.3) is 0 Å². The van der Waals surface area contributed by atoms with Crippen molar-refractivity contribution in [3.8, 4) is 0 Å². The molecule has 3 heteroatoms. The molecule has 0 aromatic rings. The number of thiol groups is 1. The van der Waals surface area contributed by atoms with Gasteiger partial charge in [0.2, 0.25) is 0 Å². The van der Waals surface area contributed by atoms with Crippen LogP contribution in [0, 0.1) is 0 Å². The Balaban J connectivity index is 2.75. The predicted octanol–water partition coefficient (Wildman–Crippen LogP) is 2.39. The van der Waals surface area contributed by atoms with Crippen molar-refractivity contribution in [2.75, 3.05) is 36.8 Å². The first kappa shape index (κ1) is 10.1. The lowest BCUT2D eigenvalue weighted by molar-refractivity contribution is 1.48. The highest BCUT2D eigenvalue weighted by molar-refractivity contribution is 8.00. The SMILES string of the molecule is CP(C)CCSCCS. The van der Waals surface area contributed by atoms with Gasteiger partial charge in [0, 0.05) is 5.75 Å². The number of rotatable bonds is 5. The molecule has 0 aromatic carbocycles. The molecule has 0 aliphatic rings. The molecule has 0 N–H and O–H groups in total. The quantitative estimate of drug-likeness (QED) is 0.387. The molecule has 0 heterocycles. The summed E-state index contributed by atoms with van der Waals surface area (Å²) < 4.78 is 0. The lowest BCUT2D eigenvalue weighted by Gasteiger charge is -2.02. The third kappa shape index (κ3) is 9.13. The van der Waals surface area contributed by atoms with Crippen LogP contribution in [0.2, 0.25) is 0 Å². The van der Waals surface area contributed by atoms with E-state index < -0.39 is 0 Å². The van der Waals surface area contributed by atoms with Gasteiger partial charge < -0.3 is 0 Å². The van der Waals surface area contributed by atoms with Gasteiger partial charge in [-0.3, -0.25) is 0 Å². The van der Waals surface area contributed by atoms with Crippen LogP contribution in [0.3, 0.4) is 0 Å². The second kappa shape index (κ2) is 7.24. The maximum absolute atomic E-state index is 4.13. The maximum Gasteiger partial charge on any atom is 0.00212 e. The molecule has 0 saturated carbocycles. The lowest BCUT2D eigenvalue weighted by Crippen LogP contribution is -1.88. The van der Waals surface area contributed by atoms with Crippen LogP contribution in [-0.4, -0.2) is 36.8 Å². The van der Waals surface area contributed by atoms with Crippen molar-refractivity contribution in [3.63, 3.8) is 0 Å². The highest BCUT2D eigenvalue weighted by atomic mass is 32.2. The second-order valence-electron chi connectivity index (χ2n) is 2.14. The van der Waals surface area contributed by atoms with Crippen LogP contribution in [0.1, 0.15) is 0 Å². The monoisotopic (exact) mass is 182 g/mol. The van der Waals surface area contributed by atoms with E-state index in [9.17, 15) is 0 Å². The first-order chi connectivity index (χ1) is 4.27. The molecule has 0 aliphatic heterocycles. The van der Waals surface area contributed by atoms with Crippen molar-refractivity contribution in [1.82, 2.24) is 0 Å². The van der Waals surface area contributed by atoms with Gasteiger partial charge >= 0.3 is 0 Å². The van der Waals surface area contributed by atoms with Gasteiger partial charge in [-0.1, -0.05) is 0 Å². The molecule has 56 valence electrons. The van der Waals surface area contributed by atoms with E-state index in [2.05, 4.69) is 26.0 Å². The molecule has 0 unspecified atom stereocenters. The van der Waals surface area contributed by atoms with Gasteiger partial charge in [-0.25, -0.2) is 0 Å². The van der Waals surface area contributed by atoms with Gasteiger partial charge in [-0.15, -0.1) is 7.92 Å². The van der Waals surface area contributed by atoms with Gasteiger partial charge in [0.1, 0.15) is 0 Å². The molecule has 0 rings (SSSR count). The first-order valence-electron chi connectivity index (χ1n) is 3.10. The van der Waals surface area contributed by atoms with Crippen molar-refractivity contribution in [1.29, 1.82) is 0 Å². The standard InChI is InChI=1S/C6H15PS2/c1-7(2)3-5-9-6-4-8/h8H,3-6H2,1-2H3. The Bertz CT molecular complexity index is 57.0. The molecule has 0 saturated heterocycles. The Labute approximate surface area is 69.3 Å². The average molecular weight is 182 g/mol. The summed E-state index contributed by atoms with van der Waals surface area (Å²) in [6, 6.07) is 0. The van der Waals surface area contributed by atoms with Gasteiger partial charge in [-0.2, -0.15) is 24.4 Å². The summed E-state index contributed by atoms with van der Waals surface area (Å²) in [5.74, 6) is 3.57. The predicted molar refractivity (Wildman–Crippen MR) is 54.8 cm³/mol. The maximum atomic E-state index is 4.13. The van der Waals surface area contributed by atoms with Gasteiger partial charge in [-0.05, 0) is 31.0 Å². The summed E-state index contributed by atoms with van der Waals surface area (Å²) in [5, 5.41) is 0. The fourth-order valence-electron chi connectivity index (χ4n) is 0.414. The number of hydrogen-bond acceptors (Lipinski definition) is 2. The summed E-state index contributed by atoms with van der Waals surface area (Å²) in [6.45, 7) is 4.66. The van der Waals surface area contributed by atoms with E-state index in [0.29, 0.717) is 7.92 Å². The number of hydrogen-bond donors (Lipinski definition) is 1. The van der Waals surface area contributed by atoms with E-state index in [1.54, 1.807) is 0 Å². The minimum atomic E-state index is 0.337. The Kier molecular flexibility index (Phi) is 8.15. The largest absolute Gasteiger partial charge is 0.179 e. The van der Waals surface area contributed by atoms with Crippen molar-refractivity contribution in [2.45, 2.75) is 0 Å². The summed E-state index contributed by atoms with van der Waals surface area (Å²) in [4.78, 5) is 0. The molecule has 0 aromatic heterocycles. The van der Waals surface area contributed by atoms with E-state index in [4.69, 9.17) is 0 Å². The lowest BCUT2D eigenvalue weighted by atomic mass is 10.9. The van der Waals surface area contributed by atoms with Crippen molar-refractivity contribution < 1.29 is 0 Å². The molecule has 0 bridgehead atoms. The van der Waals surface area contributed by atoms with Crippen molar-refractivity contribution >= 4 is 32.3 Å². The molecule has 0 radical (unpaired) electrons. The summed E-state index contributed by atoms with van der Waals surface area (Å²) >= 11 is 6.15. The Morgan fingerprint density at radius 3 is 2.44 bits per heavy atom. The average Bonchev–Trinajstić information content (AvgIpc) is 1.80. The molecule has 0 aliphatic carbocycles. The summed E-state index contributed by atoms with van der Waals surface area (Å²) in [7, 11) is 0.337. The summed E-state index contributed by atoms with van der Waals surface area (Å²) in [6.07, 6.45) is 1.41. The molecular weight excluding hydrogens is 167 g/mol. The van der Waals surface area contributed by atoms with E-state index in [1.165, 1.54) is 17.7 Å². The highest BCUT2D eigenvalue weighted by Gasteiger charge is 1.91. The molecule has 0 spiro atoms. The van der Waals surface area contributed by atoms with Gasteiger partial charge in [0.15, 0.2) is 0 Å². The molecule has 0 fully saturated rings. The first-order valence-corrected chi connectivity index (χ1v) is 7.31. The summed E-state index contributed by atoms with van der Waals surface area (Å²) in [5.41, 5.74) is 0. The van der Waals surface area contributed by atoms with E-state index in [1.807, 2.05) is 11.8 Å². The van der Waals surface area contributed by atoms with E-state index in [-0.39, 0.29) is 0 Å². The minimum absolute atomic E-state index is 0.337. The van der Waals surface area contributed by atoms with Crippen LogP contribution in [0.25, 0.3) is 0 Å². The fraction of sp³-hybridized carbons (Fsp3) is 1.00. The van der Waals surface area contributed by atoms with E-state index >= 15 is 0 Å². The molecular formula is C6H15PS2. The van der Waals surface area contributed by atoms with Crippen LogP contribution < -0.4 is 0 Å². The van der Waals surface area contributed by atoms with Crippen molar-refractivity contribution in [2.24, 2.45) is 0 Å². The van der Waals surface area contributed by atoms with Crippen LogP contribution in [0.5, 0.6) is 0 Å². The Morgan fingerprint density at radius 1 is 1.33 bits per heavy atom. The molecule has 0 nitrogen and oxygen atoms in total.